The van der Waals surface area contributed by atoms with Gasteiger partial charge in [-0.1, -0.05) is 5.16 Å². The van der Waals surface area contributed by atoms with Crippen molar-refractivity contribution in [1.29, 1.82) is 0 Å². The van der Waals surface area contributed by atoms with Crippen molar-refractivity contribution in [2.75, 3.05) is 13.2 Å². The van der Waals surface area contributed by atoms with E-state index in [0.717, 1.165) is 0 Å². The minimum absolute atomic E-state index is 0.273. The van der Waals surface area contributed by atoms with Crippen LogP contribution in [0.15, 0.2) is 35.2 Å². The summed E-state index contributed by atoms with van der Waals surface area (Å²) in [5.74, 6) is -2.36. The molecule has 1 amide bonds. The Labute approximate surface area is 147 Å². The highest BCUT2D eigenvalue weighted by atomic mass is 19.3. The Balaban J connectivity index is 1.46. The number of hydrogen-bond donors (Lipinski definition) is 1. The molecule has 7 nitrogen and oxygen atoms in total. The first-order valence-electron chi connectivity index (χ1n) is 8.30. The molecule has 1 aliphatic heterocycles. The van der Waals surface area contributed by atoms with Crippen LogP contribution in [0.25, 0.3) is 0 Å². The molecule has 9 heteroatoms. The summed E-state index contributed by atoms with van der Waals surface area (Å²) in [4.78, 5) is 16.8. The first-order valence-corrected chi connectivity index (χ1v) is 8.30. The second kappa shape index (κ2) is 6.31. The van der Waals surface area contributed by atoms with Crippen LogP contribution in [0.2, 0.25) is 0 Å². The smallest absolute Gasteiger partial charge is 0.288 e. The zero-order valence-electron chi connectivity index (χ0n) is 13.8. The first-order chi connectivity index (χ1) is 12.5. The van der Waals surface area contributed by atoms with Gasteiger partial charge in [-0.15, -0.1) is 0 Å². The number of benzene rings is 1. The summed E-state index contributed by atoms with van der Waals surface area (Å²) in [7, 11) is 0. The maximum absolute atomic E-state index is 12.9. The van der Waals surface area contributed by atoms with Gasteiger partial charge in [-0.2, -0.15) is 4.98 Å². The number of amides is 1. The summed E-state index contributed by atoms with van der Waals surface area (Å²) < 4.78 is 41.2. The van der Waals surface area contributed by atoms with Crippen molar-refractivity contribution in [3.05, 3.63) is 42.0 Å². The van der Waals surface area contributed by atoms with Gasteiger partial charge in [0.1, 0.15) is 11.3 Å². The van der Waals surface area contributed by atoms with Crippen LogP contribution in [0.1, 0.15) is 35.4 Å². The lowest BCUT2D eigenvalue weighted by atomic mass is 9.88. The topological polar surface area (TPSA) is 86.5 Å². The third kappa shape index (κ3) is 3.26. The molecule has 0 radical (unpaired) electrons. The van der Waals surface area contributed by atoms with Crippen LogP contribution >= 0.6 is 0 Å². The lowest BCUT2D eigenvalue weighted by Gasteiger charge is -2.35. The molecule has 1 unspecified atom stereocenters. The Morgan fingerprint density at radius 1 is 1.23 bits per heavy atom. The van der Waals surface area contributed by atoms with Crippen LogP contribution in [0.4, 0.5) is 8.78 Å². The van der Waals surface area contributed by atoms with Crippen LogP contribution in [0, 0.1) is 0 Å². The number of nitrogens with one attached hydrogen (secondary N) is 1. The number of aromatic nitrogens is 2. The lowest BCUT2D eigenvalue weighted by Crippen LogP contribution is -2.50. The number of halogens is 2. The fourth-order valence-corrected chi connectivity index (χ4v) is 2.96. The average Bonchev–Trinajstić information content (AvgIpc) is 3.04. The molecular weight excluding hydrogens is 348 g/mol. The van der Waals surface area contributed by atoms with Gasteiger partial charge in [-0.3, -0.25) is 4.79 Å². The quantitative estimate of drug-likeness (QED) is 0.875. The largest absolute Gasteiger partial charge is 0.484 e. The summed E-state index contributed by atoms with van der Waals surface area (Å²) >= 11 is 0. The van der Waals surface area contributed by atoms with Crippen molar-refractivity contribution < 1.29 is 27.6 Å². The van der Waals surface area contributed by atoms with Gasteiger partial charge < -0.3 is 19.3 Å². The molecule has 0 bridgehead atoms. The zero-order valence-corrected chi connectivity index (χ0v) is 13.8. The number of ether oxygens (including phenoxy) is 2. The average molecular weight is 365 g/mol. The number of hydrogen-bond acceptors (Lipinski definition) is 6. The van der Waals surface area contributed by atoms with Crippen molar-refractivity contribution in [3.8, 4) is 5.75 Å². The number of carbonyl (C=O) groups excluding carboxylic acids is 1. The maximum Gasteiger partial charge on any atom is 0.288 e. The molecule has 1 N–H and O–H groups in total. The Morgan fingerprint density at radius 2 is 1.92 bits per heavy atom. The van der Waals surface area contributed by atoms with Crippen LogP contribution in [0.3, 0.4) is 0 Å². The molecule has 1 atom stereocenters. The summed E-state index contributed by atoms with van der Waals surface area (Å²) in [6.07, 6.45) is 0.918. The summed E-state index contributed by atoms with van der Waals surface area (Å²) in [6, 6.07) is 6.09. The molecule has 1 aliphatic carbocycles. The molecule has 1 saturated heterocycles. The minimum Gasteiger partial charge on any atom is -0.484 e. The normalized spacial score (nSPS) is 23.2. The summed E-state index contributed by atoms with van der Waals surface area (Å²) in [6.45, 7) is 0.939. The SMILES string of the molecule is O=C(NC1(c2ncon2)CCOCC1)c1ccc(OC2CC2(F)F)cc1. The molecule has 1 aromatic heterocycles. The maximum atomic E-state index is 12.9. The van der Waals surface area contributed by atoms with Crippen molar-refractivity contribution >= 4 is 5.91 Å². The number of carbonyl (C=O) groups is 1. The van der Waals surface area contributed by atoms with Gasteiger partial charge in [-0.05, 0) is 24.3 Å². The van der Waals surface area contributed by atoms with Gasteiger partial charge in [0, 0.05) is 31.6 Å². The molecule has 138 valence electrons. The van der Waals surface area contributed by atoms with E-state index in [9.17, 15) is 13.6 Å². The van der Waals surface area contributed by atoms with E-state index in [1.165, 1.54) is 30.7 Å². The Morgan fingerprint density at radius 3 is 2.50 bits per heavy atom. The zero-order chi connectivity index (χ0) is 18.2. The second-order valence-electron chi connectivity index (χ2n) is 6.50. The van der Waals surface area contributed by atoms with E-state index in [0.29, 0.717) is 43.2 Å². The first kappa shape index (κ1) is 16.9. The van der Waals surface area contributed by atoms with Gasteiger partial charge >= 0.3 is 0 Å². The van der Waals surface area contributed by atoms with Crippen LogP contribution in [-0.4, -0.2) is 41.3 Å². The van der Waals surface area contributed by atoms with Gasteiger partial charge in [0.25, 0.3) is 11.8 Å². The van der Waals surface area contributed by atoms with E-state index in [2.05, 4.69) is 15.5 Å². The Kier molecular flexibility index (Phi) is 4.10. The highest BCUT2D eigenvalue weighted by molar-refractivity contribution is 5.94. The molecular formula is C17H17F2N3O4. The van der Waals surface area contributed by atoms with E-state index in [1.807, 2.05) is 0 Å². The molecule has 1 aromatic carbocycles. The van der Waals surface area contributed by atoms with E-state index >= 15 is 0 Å². The molecule has 0 spiro atoms. The third-order valence-corrected chi connectivity index (χ3v) is 4.65. The number of nitrogens with zero attached hydrogens (tertiary/aromatic N) is 2. The lowest BCUT2D eigenvalue weighted by molar-refractivity contribution is 0.0305. The van der Waals surface area contributed by atoms with E-state index < -0.39 is 17.6 Å². The van der Waals surface area contributed by atoms with Gasteiger partial charge in [0.2, 0.25) is 6.39 Å². The number of rotatable bonds is 5. The van der Waals surface area contributed by atoms with Crippen LogP contribution in [-0.2, 0) is 10.3 Å². The van der Waals surface area contributed by atoms with Crippen molar-refractivity contribution in [1.82, 2.24) is 15.5 Å². The third-order valence-electron chi connectivity index (χ3n) is 4.65. The summed E-state index contributed by atoms with van der Waals surface area (Å²) in [5.41, 5.74) is -0.373. The predicted octanol–water partition coefficient (Wildman–Crippen LogP) is 2.29. The molecule has 26 heavy (non-hydrogen) atoms. The van der Waals surface area contributed by atoms with Crippen LogP contribution < -0.4 is 10.1 Å². The van der Waals surface area contributed by atoms with E-state index in [1.54, 1.807) is 0 Å². The molecule has 4 rings (SSSR count). The number of alkyl halides is 2. The highest BCUT2D eigenvalue weighted by Gasteiger charge is 2.59. The fourth-order valence-electron chi connectivity index (χ4n) is 2.96. The second-order valence-corrected chi connectivity index (χ2v) is 6.50. The Bertz CT molecular complexity index is 774. The van der Waals surface area contributed by atoms with Gasteiger partial charge in [0.15, 0.2) is 11.9 Å². The van der Waals surface area contributed by atoms with Gasteiger partial charge in [-0.25, -0.2) is 8.78 Å². The molecule has 2 aliphatic rings. The standard InChI is InChI=1S/C17H17F2N3O4/c18-17(19)9-13(17)26-12-3-1-11(2-4-12)14(23)21-16(5-7-24-8-6-16)15-20-10-25-22-15/h1-4,10,13H,5-9H2,(H,21,23). The van der Waals surface area contributed by atoms with E-state index in [-0.39, 0.29) is 12.3 Å². The highest BCUT2D eigenvalue weighted by Crippen LogP contribution is 2.44. The molecule has 2 aromatic rings. The predicted molar refractivity (Wildman–Crippen MR) is 83.9 cm³/mol. The Hall–Kier alpha value is -2.55. The molecule has 2 fully saturated rings. The monoisotopic (exact) mass is 365 g/mol. The minimum atomic E-state index is -2.75. The van der Waals surface area contributed by atoms with Crippen LogP contribution in [0.5, 0.6) is 5.75 Å². The van der Waals surface area contributed by atoms with Gasteiger partial charge in [0.05, 0.1) is 6.42 Å². The van der Waals surface area contributed by atoms with Crippen molar-refractivity contribution in [2.24, 2.45) is 0 Å². The summed E-state index contributed by atoms with van der Waals surface area (Å²) in [5, 5.41) is 6.85. The van der Waals surface area contributed by atoms with Crippen molar-refractivity contribution in [3.63, 3.8) is 0 Å². The molecule has 2 heterocycles. The fraction of sp³-hybridized carbons (Fsp3) is 0.471. The van der Waals surface area contributed by atoms with E-state index in [4.69, 9.17) is 14.0 Å². The van der Waals surface area contributed by atoms with Crippen molar-refractivity contribution in [2.45, 2.75) is 36.8 Å². The molecule has 1 saturated carbocycles.